The van der Waals surface area contributed by atoms with Gasteiger partial charge in [0.05, 0.1) is 13.2 Å². The number of carbonyl (C=O) groups is 1. The molecular weight excluding hydrogens is 156 g/mol. The highest BCUT2D eigenvalue weighted by atomic mass is 16.6. The van der Waals surface area contributed by atoms with E-state index in [9.17, 15) is 4.79 Å². The molecule has 0 aromatic heterocycles. The zero-order chi connectivity index (χ0) is 9.56. The van der Waals surface area contributed by atoms with Gasteiger partial charge in [-0.05, 0) is 19.3 Å². The number of rotatable bonds is 5. The lowest BCUT2D eigenvalue weighted by Gasteiger charge is -2.13. The van der Waals surface area contributed by atoms with Crippen LogP contribution in [-0.4, -0.2) is 25.8 Å². The Bertz CT molecular complexity index is 132. The summed E-state index contributed by atoms with van der Waals surface area (Å²) < 4.78 is 9.67. The van der Waals surface area contributed by atoms with Crippen LogP contribution in [0.25, 0.3) is 0 Å². The minimum absolute atomic E-state index is 0.0599. The van der Waals surface area contributed by atoms with Crippen molar-refractivity contribution in [1.29, 1.82) is 0 Å². The van der Waals surface area contributed by atoms with Crippen LogP contribution in [0.1, 0.15) is 27.2 Å². The maximum absolute atomic E-state index is 10.7. The predicted octanol–water partition coefficient (Wildman–Crippen LogP) is 1.61. The molecule has 0 aliphatic heterocycles. The molecule has 1 unspecified atom stereocenters. The van der Waals surface area contributed by atoms with Crippen LogP contribution in [0, 0.1) is 5.92 Å². The highest BCUT2D eigenvalue weighted by Crippen LogP contribution is 2.06. The fraction of sp³-hybridized carbons (Fsp3) is 0.889. The smallest absolute Gasteiger partial charge is 0.331 e. The second-order valence-corrected chi connectivity index (χ2v) is 3.33. The molecule has 0 rings (SSSR count). The average molecular weight is 174 g/mol. The molecule has 0 aromatic carbocycles. The SMILES string of the molecule is COC(=O)COC(C)CC(C)C. The standard InChI is InChI=1S/C9H18O3/c1-7(2)5-8(3)12-6-9(10)11-4/h7-8H,5-6H2,1-4H3. The van der Waals surface area contributed by atoms with Gasteiger partial charge in [-0.1, -0.05) is 13.8 Å². The zero-order valence-corrected chi connectivity index (χ0v) is 8.29. The molecular formula is C9H18O3. The van der Waals surface area contributed by atoms with Gasteiger partial charge in [0, 0.05) is 0 Å². The third-order valence-electron chi connectivity index (χ3n) is 1.52. The van der Waals surface area contributed by atoms with Crippen LogP contribution in [-0.2, 0) is 14.3 Å². The minimum Gasteiger partial charge on any atom is -0.467 e. The van der Waals surface area contributed by atoms with E-state index in [0.717, 1.165) is 6.42 Å². The predicted molar refractivity (Wildman–Crippen MR) is 46.9 cm³/mol. The normalized spacial score (nSPS) is 13.1. The van der Waals surface area contributed by atoms with E-state index in [1.807, 2.05) is 6.92 Å². The lowest BCUT2D eigenvalue weighted by Crippen LogP contribution is -2.18. The van der Waals surface area contributed by atoms with Crippen LogP contribution < -0.4 is 0 Å². The zero-order valence-electron chi connectivity index (χ0n) is 8.29. The molecule has 1 atom stereocenters. The summed E-state index contributed by atoms with van der Waals surface area (Å²) >= 11 is 0. The van der Waals surface area contributed by atoms with Crippen molar-refractivity contribution in [2.24, 2.45) is 5.92 Å². The Hall–Kier alpha value is -0.570. The van der Waals surface area contributed by atoms with E-state index in [1.54, 1.807) is 0 Å². The summed E-state index contributed by atoms with van der Waals surface area (Å²) in [4.78, 5) is 10.7. The molecule has 0 bridgehead atoms. The monoisotopic (exact) mass is 174 g/mol. The molecule has 0 N–H and O–H groups in total. The number of esters is 1. The molecule has 0 saturated carbocycles. The molecule has 0 radical (unpaired) electrons. The van der Waals surface area contributed by atoms with Crippen LogP contribution in [0.4, 0.5) is 0 Å². The summed E-state index contributed by atoms with van der Waals surface area (Å²) in [5.41, 5.74) is 0. The topological polar surface area (TPSA) is 35.5 Å². The number of hydrogen-bond acceptors (Lipinski definition) is 3. The van der Waals surface area contributed by atoms with Crippen molar-refractivity contribution in [3.63, 3.8) is 0 Å². The van der Waals surface area contributed by atoms with Gasteiger partial charge in [0.15, 0.2) is 0 Å². The molecule has 12 heavy (non-hydrogen) atoms. The maximum Gasteiger partial charge on any atom is 0.331 e. The van der Waals surface area contributed by atoms with Gasteiger partial charge < -0.3 is 9.47 Å². The maximum atomic E-state index is 10.7. The Labute approximate surface area is 74.0 Å². The van der Waals surface area contributed by atoms with E-state index in [1.165, 1.54) is 7.11 Å². The highest BCUT2D eigenvalue weighted by Gasteiger charge is 2.07. The molecule has 3 nitrogen and oxygen atoms in total. The third kappa shape index (κ3) is 6.16. The molecule has 0 saturated heterocycles. The van der Waals surface area contributed by atoms with Gasteiger partial charge in [-0.3, -0.25) is 0 Å². The van der Waals surface area contributed by atoms with Gasteiger partial charge >= 0.3 is 5.97 Å². The van der Waals surface area contributed by atoms with Gasteiger partial charge in [0.1, 0.15) is 6.61 Å². The van der Waals surface area contributed by atoms with E-state index in [4.69, 9.17) is 4.74 Å². The average Bonchev–Trinajstić information content (AvgIpc) is 1.99. The molecule has 72 valence electrons. The fourth-order valence-corrected chi connectivity index (χ4v) is 1.00. The molecule has 0 aliphatic rings. The van der Waals surface area contributed by atoms with E-state index in [-0.39, 0.29) is 18.7 Å². The lowest BCUT2D eigenvalue weighted by atomic mass is 10.1. The molecule has 0 spiro atoms. The van der Waals surface area contributed by atoms with E-state index in [0.29, 0.717) is 5.92 Å². The molecule has 0 amide bonds. The van der Waals surface area contributed by atoms with E-state index < -0.39 is 0 Å². The van der Waals surface area contributed by atoms with Crippen molar-refractivity contribution < 1.29 is 14.3 Å². The van der Waals surface area contributed by atoms with Crippen LogP contribution in [0.15, 0.2) is 0 Å². The van der Waals surface area contributed by atoms with Crippen molar-refractivity contribution in [3.8, 4) is 0 Å². The summed E-state index contributed by atoms with van der Waals surface area (Å²) in [5, 5.41) is 0. The second-order valence-electron chi connectivity index (χ2n) is 3.33. The Kier molecular flexibility index (Phi) is 5.72. The Morgan fingerprint density at radius 2 is 1.92 bits per heavy atom. The first-order valence-electron chi connectivity index (χ1n) is 4.24. The molecule has 0 fully saturated rings. The lowest BCUT2D eigenvalue weighted by molar-refractivity contribution is -0.147. The number of carbonyl (C=O) groups excluding carboxylic acids is 1. The fourth-order valence-electron chi connectivity index (χ4n) is 1.00. The number of hydrogen-bond donors (Lipinski definition) is 0. The molecule has 0 heterocycles. The minimum atomic E-state index is -0.314. The summed E-state index contributed by atoms with van der Waals surface area (Å²) in [6.45, 7) is 6.27. The van der Waals surface area contributed by atoms with Crippen molar-refractivity contribution in [2.75, 3.05) is 13.7 Å². The van der Waals surface area contributed by atoms with Crippen molar-refractivity contribution in [2.45, 2.75) is 33.3 Å². The van der Waals surface area contributed by atoms with Crippen LogP contribution in [0.5, 0.6) is 0 Å². The van der Waals surface area contributed by atoms with Crippen LogP contribution in [0.2, 0.25) is 0 Å². The van der Waals surface area contributed by atoms with Gasteiger partial charge in [0.2, 0.25) is 0 Å². The number of ether oxygens (including phenoxy) is 2. The van der Waals surface area contributed by atoms with Gasteiger partial charge in [-0.25, -0.2) is 4.79 Å². The summed E-state index contributed by atoms with van der Waals surface area (Å²) in [7, 11) is 1.36. The Balaban J connectivity index is 3.43. The van der Waals surface area contributed by atoms with Crippen molar-refractivity contribution in [3.05, 3.63) is 0 Å². The molecule has 3 heteroatoms. The largest absolute Gasteiger partial charge is 0.467 e. The highest BCUT2D eigenvalue weighted by molar-refractivity contribution is 5.70. The Morgan fingerprint density at radius 1 is 1.33 bits per heavy atom. The number of methoxy groups -OCH3 is 1. The van der Waals surface area contributed by atoms with Gasteiger partial charge in [-0.15, -0.1) is 0 Å². The molecule has 0 aromatic rings. The van der Waals surface area contributed by atoms with Crippen molar-refractivity contribution >= 4 is 5.97 Å². The first kappa shape index (κ1) is 11.4. The Morgan fingerprint density at radius 3 is 2.33 bits per heavy atom. The quantitative estimate of drug-likeness (QED) is 0.594. The third-order valence-corrected chi connectivity index (χ3v) is 1.52. The van der Waals surface area contributed by atoms with E-state index >= 15 is 0 Å². The van der Waals surface area contributed by atoms with Gasteiger partial charge in [0.25, 0.3) is 0 Å². The second kappa shape index (κ2) is 6.00. The van der Waals surface area contributed by atoms with E-state index in [2.05, 4.69) is 18.6 Å². The molecule has 0 aliphatic carbocycles. The van der Waals surface area contributed by atoms with Crippen LogP contribution in [0.3, 0.4) is 0 Å². The van der Waals surface area contributed by atoms with Crippen LogP contribution >= 0.6 is 0 Å². The first-order valence-corrected chi connectivity index (χ1v) is 4.24. The summed E-state index contributed by atoms with van der Waals surface area (Å²) in [6.07, 6.45) is 1.10. The summed E-state index contributed by atoms with van der Waals surface area (Å²) in [6, 6.07) is 0. The van der Waals surface area contributed by atoms with Crippen molar-refractivity contribution in [1.82, 2.24) is 0 Å². The summed E-state index contributed by atoms with van der Waals surface area (Å²) in [5.74, 6) is 0.281. The first-order chi connectivity index (χ1) is 5.56. The van der Waals surface area contributed by atoms with Gasteiger partial charge in [-0.2, -0.15) is 0 Å².